The number of carbonyl (C=O) groups is 2. The molecule has 5 nitrogen and oxygen atoms in total. The average molecular weight is 465 g/mol. The second kappa shape index (κ2) is 10.2. The second-order valence-corrected chi connectivity index (χ2v) is 9.44. The van der Waals surface area contributed by atoms with Crippen LogP contribution in [0.15, 0.2) is 40.2 Å². The Labute approximate surface area is 178 Å². The van der Waals surface area contributed by atoms with Crippen molar-refractivity contribution in [2.24, 2.45) is 0 Å². The van der Waals surface area contributed by atoms with Crippen molar-refractivity contribution in [3.8, 4) is 5.75 Å². The highest BCUT2D eigenvalue weighted by atomic mass is 79.9. The number of ether oxygens (including phenoxy) is 1. The van der Waals surface area contributed by atoms with E-state index in [0.717, 1.165) is 42.3 Å². The van der Waals surface area contributed by atoms with E-state index in [2.05, 4.69) is 33.0 Å². The molecule has 28 heavy (non-hydrogen) atoms. The molecule has 1 aliphatic rings. The molecule has 1 aromatic carbocycles. The number of amides is 1. The summed E-state index contributed by atoms with van der Waals surface area (Å²) in [5, 5.41) is 0. The third-order valence-electron chi connectivity index (χ3n) is 4.80. The summed E-state index contributed by atoms with van der Waals surface area (Å²) in [6.07, 6.45) is 1.19. The van der Waals surface area contributed by atoms with Crippen LogP contribution in [-0.4, -0.2) is 54.3 Å². The van der Waals surface area contributed by atoms with E-state index in [-0.39, 0.29) is 11.7 Å². The van der Waals surface area contributed by atoms with E-state index in [1.165, 1.54) is 4.88 Å². The molecule has 0 radical (unpaired) electrons. The minimum Gasteiger partial charge on any atom is -0.494 e. The molecule has 150 valence electrons. The molecule has 7 heteroatoms. The first-order valence-corrected chi connectivity index (χ1v) is 11.1. The van der Waals surface area contributed by atoms with Crippen LogP contribution in [0.3, 0.4) is 0 Å². The summed E-state index contributed by atoms with van der Waals surface area (Å²) < 4.78 is 6.83. The van der Waals surface area contributed by atoms with E-state index in [1.807, 2.05) is 4.90 Å². The minimum absolute atomic E-state index is 0.0421. The van der Waals surface area contributed by atoms with Gasteiger partial charge in [-0.3, -0.25) is 14.5 Å². The fraction of sp³-hybridized carbons (Fsp3) is 0.429. The lowest BCUT2D eigenvalue weighted by Crippen LogP contribution is -2.48. The van der Waals surface area contributed by atoms with Crippen LogP contribution in [0.25, 0.3) is 0 Å². The van der Waals surface area contributed by atoms with Crippen LogP contribution in [0.2, 0.25) is 0 Å². The van der Waals surface area contributed by atoms with Gasteiger partial charge in [-0.1, -0.05) is 0 Å². The van der Waals surface area contributed by atoms with E-state index in [1.54, 1.807) is 42.5 Å². The van der Waals surface area contributed by atoms with Gasteiger partial charge >= 0.3 is 0 Å². The normalized spacial score (nSPS) is 14.9. The lowest BCUT2D eigenvalue weighted by atomic mass is 10.1. The summed E-state index contributed by atoms with van der Waals surface area (Å²) in [5.41, 5.74) is 0.674. The molecule has 2 heterocycles. The molecule has 1 saturated heterocycles. The molecule has 1 aliphatic heterocycles. The lowest BCUT2D eigenvalue weighted by molar-refractivity contribution is -0.133. The number of hydrogen-bond donors (Lipinski definition) is 0. The van der Waals surface area contributed by atoms with Gasteiger partial charge in [0.25, 0.3) is 0 Å². The predicted molar refractivity (Wildman–Crippen MR) is 115 cm³/mol. The number of benzene rings is 1. The van der Waals surface area contributed by atoms with Crippen molar-refractivity contribution in [2.75, 3.05) is 32.8 Å². The average Bonchev–Trinajstić information content (AvgIpc) is 3.10. The van der Waals surface area contributed by atoms with E-state index in [4.69, 9.17) is 4.74 Å². The van der Waals surface area contributed by atoms with E-state index in [0.29, 0.717) is 25.0 Å². The van der Waals surface area contributed by atoms with E-state index < -0.39 is 0 Å². The van der Waals surface area contributed by atoms with Crippen molar-refractivity contribution >= 4 is 39.0 Å². The lowest BCUT2D eigenvalue weighted by Gasteiger charge is -2.34. The molecule has 2 aromatic rings. The highest BCUT2D eigenvalue weighted by Gasteiger charge is 2.21. The van der Waals surface area contributed by atoms with Gasteiger partial charge in [-0.2, -0.15) is 0 Å². The SMILES string of the molecule is CC(=O)c1ccc(OCCCC(=O)N2CCN(Cc3ccc(Br)s3)CC2)cc1. The number of piperazine rings is 1. The molecular formula is C21H25BrN2O3S. The predicted octanol–water partition coefficient (Wildman–Crippen LogP) is 4.22. The highest BCUT2D eigenvalue weighted by molar-refractivity contribution is 9.11. The van der Waals surface area contributed by atoms with Crippen LogP contribution in [0, 0.1) is 0 Å². The summed E-state index contributed by atoms with van der Waals surface area (Å²) in [4.78, 5) is 29.4. The van der Waals surface area contributed by atoms with Gasteiger partial charge in [0.15, 0.2) is 5.78 Å². The maximum atomic E-state index is 12.4. The zero-order valence-electron chi connectivity index (χ0n) is 16.0. The number of halogens is 1. The number of thiophene rings is 1. The monoisotopic (exact) mass is 464 g/mol. The molecule has 0 aliphatic carbocycles. The van der Waals surface area contributed by atoms with Gasteiger partial charge in [0, 0.05) is 49.6 Å². The summed E-state index contributed by atoms with van der Waals surface area (Å²) in [6.45, 7) is 6.41. The van der Waals surface area contributed by atoms with Crippen LogP contribution in [0.4, 0.5) is 0 Å². The maximum Gasteiger partial charge on any atom is 0.222 e. The Hall–Kier alpha value is -1.70. The number of nitrogens with zero attached hydrogens (tertiary/aromatic N) is 2. The fourth-order valence-corrected chi connectivity index (χ4v) is 4.70. The van der Waals surface area contributed by atoms with Gasteiger partial charge in [0.2, 0.25) is 5.91 Å². The summed E-state index contributed by atoms with van der Waals surface area (Å²) in [5.74, 6) is 0.973. The maximum absolute atomic E-state index is 12.4. The molecule has 0 N–H and O–H groups in total. The second-order valence-electron chi connectivity index (χ2n) is 6.90. The third kappa shape index (κ3) is 6.15. The largest absolute Gasteiger partial charge is 0.494 e. The molecule has 1 fully saturated rings. The fourth-order valence-electron chi connectivity index (χ4n) is 3.17. The topological polar surface area (TPSA) is 49.9 Å². The number of carbonyl (C=O) groups excluding carboxylic acids is 2. The molecule has 0 spiro atoms. The van der Waals surface area contributed by atoms with Crippen LogP contribution in [0.1, 0.15) is 35.0 Å². The van der Waals surface area contributed by atoms with Crippen LogP contribution < -0.4 is 4.74 Å². The van der Waals surface area contributed by atoms with Gasteiger partial charge in [-0.25, -0.2) is 0 Å². The van der Waals surface area contributed by atoms with Crippen LogP contribution in [-0.2, 0) is 11.3 Å². The first-order valence-electron chi connectivity index (χ1n) is 9.49. The van der Waals surface area contributed by atoms with Crippen molar-refractivity contribution in [1.82, 2.24) is 9.80 Å². The van der Waals surface area contributed by atoms with Crippen molar-refractivity contribution in [2.45, 2.75) is 26.3 Å². The Morgan fingerprint density at radius 1 is 1.07 bits per heavy atom. The Kier molecular flexibility index (Phi) is 7.65. The van der Waals surface area contributed by atoms with Crippen molar-refractivity contribution < 1.29 is 14.3 Å². The van der Waals surface area contributed by atoms with E-state index >= 15 is 0 Å². The zero-order valence-corrected chi connectivity index (χ0v) is 18.4. The summed E-state index contributed by atoms with van der Waals surface area (Å²) in [7, 11) is 0. The smallest absolute Gasteiger partial charge is 0.222 e. The molecule has 0 saturated carbocycles. The molecule has 0 bridgehead atoms. The summed E-state index contributed by atoms with van der Waals surface area (Å²) in [6, 6.07) is 11.3. The first-order chi connectivity index (χ1) is 13.5. The molecule has 0 atom stereocenters. The van der Waals surface area contributed by atoms with Crippen molar-refractivity contribution in [3.05, 3.63) is 50.6 Å². The molecular weight excluding hydrogens is 440 g/mol. The van der Waals surface area contributed by atoms with Gasteiger partial charge in [-0.15, -0.1) is 11.3 Å². The van der Waals surface area contributed by atoms with Gasteiger partial charge < -0.3 is 9.64 Å². The van der Waals surface area contributed by atoms with Gasteiger partial charge in [-0.05, 0) is 65.7 Å². The Bertz CT molecular complexity index is 798. The molecule has 1 amide bonds. The van der Waals surface area contributed by atoms with Gasteiger partial charge in [0.1, 0.15) is 5.75 Å². The first kappa shape index (κ1) is 21.0. The number of rotatable bonds is 8. The quantitative estimate of drug-likeness (QED) is 0.433. The Balaban J connectivity index is 1.32. The standard InChI is InChI=1S/C21H25BrN2O3S/c1-16(25)17-4-6-18(7-5-17)27-14-2-3-21(26)24-12-10-23(11-13-24)15-19-8-9-20(22)28-19/h4-9H,2-3,10-15H2,1H3. The highest BCUT2D eigenvalue weighted by Crippen LogP contribution is 2.23. The minimum atomic E-state index is 0.0421. The van der Waals surface area contributed by atoms with Crippen molar-refractivity contribution in [3.63, 3.8) is 0 Å². The Morgan fingerprint density at radius 3 is 2.39 bits per heavy atom. The van der Waals surface area contributed by atoms with Crippen molar-refractivity contribution in [1.29, 1.82) is 0 Å². The van der Waals surface area contributed by atoms with E-state index in [9.17, 15) is 9.59 Å². The Morgan fingerprint density at radius 2 is 1.79 bits per heavy atom. The van der Waals surface area contributed by atoms with Crippen LogP contribution in [0.5, 0.6) is 5.75 Å². The van der Waals surface area contributed by atoms with Gasteiger partial charge in [0.05, 0.1) is 10.4 Å². The molecule has 0 unspecified atom stereocenters. The zero-order chi connectivity index (χ0) is 19.9. The number of Topliss-reactive ketones (excluding diaryl/α,β-unsaturated/α-hetero) is 1. The molecule has 3 rings (SSSR count). The molecule has 1 aromatic heterocycles. The number of hydrogen-bond acceptors (Lipinski definition) is 5. The van der Waals surface area contributed by atoms with Crippen LogP contribution >= 0.6 is 27.3 Å². The number of ketones is 1. The summed E-state index contributed by atoms with van der Waals surface area (Å²) >= 11 is 5.27. The third-order valence-corrected chi connectivity index (χ3v) is 6.41.